The Morgan fingerprint density at radius 3 is 2.43 bits per heavy atom. The number of alkyl halides is 2. The zero-order valence-corrected chi connectivity index (χ0v) is 12.6. The highest BCUT2D eigenvalue weighted by Crippen LogP contribution is 2.26. The van der Waals surface area contributed by atoms with Crippen LogP contribution in [0.3, 0.4) is 0 Å². The van der Waals surface area contributed by atoms with Crippen LogP contribution in [0.15, 0.2) is 48.5 Å². The minimum absolute atomic E-state index is 0.0619. The van der Waals surface area contributed by atoms with Gasteiger partial charge in [-0.3, -0.25) is 4.79 Å². The number of ether oxygens (including phenoxy) is 2. The fourth-order valence-electron chi connectivity index (χ4n) is 2.14. The van der Waals surface area contributed by atoms with E-state index >= 15 is 0 Å². The van der Waals surface area contributed by atoms with Crippen LogP contribution in [0.25, 0.3) is 0 Å². The maximum Gasteiger partial charge on any atom is 0.387 e. The summed E-state index contributed by atoms with van der Waals surface area (Å²) in [5.41, 5.74) is 1.13. The number of aryl methyl sites for hydroxylation is 1. The SMILES string of the molecule is COc1ccccc1CCC(=O)Nc1ccccc1OC(F)F. The normalized spacial score (nSPS) is 10.4. The molecule has 0 aromatic heterocycles. The molecule has 0 bridgehead atoms. The van der Waals surface area contributed by atoms with E-state index in [-0.39, 0.29) is 23.8 Å². The molecule has 0 aliphatic heterocycles. The van der Waals surface area contributed by atoms with Gasteiger partial charge in [-0.2, -0.15) is 8.78 Å². The lowest BCUT2D eigenvalue weighted by molar-refractivity contribution is -0.116. The number of amides is 1. The second-order valence-corrected chi connectivity index (χ2v) is 4.73. The van der Waals surface area contributed by atoms with Gasteiger partial charge in [-0.15, -0.1) is 0 Å². The van der Waals surface area contributed by atoms with Crippen LogP contribution in [0.5, 0.6) is 11.5 Å². The first-order valence-electron chi connectivity index (χ1n) is 7.05. The average molecular weight is 321 g/mol. The van der Waals surface area contributed by atoms with Crippen molar-refractivity contribution in [2.45, 2.75) is 19.5 Å². The van der Waals surface area contributed by atoms with Gasteiger partial charge in [0.05, 0.1) is 12.8 Å². The molecule has 0 heterocycles. The standard InChI is InChI=1S/C17H17F2NO3/c1-22-14-8-4-2-6-12(14)10-11-16(21)20-13-7-3-5-9-15(13)23-17(18)19/h2-9,17H,10-11H2,1H3,(H,20,21). The van der Waals surface area contributed by atoms with Gasteiger partial charge >= 0.3 is 6.61 Å². The van der Waals surface area contributed by atoms with Gasteiger partial charge in [0.1, 0.15) is 11.5 Å². The Morgan fingerprint density at radius 1 is 1.09 bits per heavy atom. The maximum atomic E-state index is 12.3. The molecule has 1 N–H and O–H groups in total. The second kappa shape index (κ2) is 8.12. The van der Waals surface area contributed by atoms with E-state index in [1.54, 1.807) is 19.2 Å². The minimum Gasteiger partial charge on any atom is -0.496 e. The van der Waals surface area contributed by atoms with Crippen molar-refractivity contribution in [1.82, 2.24) is 0 Å². The molecule has 0 fully saturated rings. The molecule has 0 radical (unpaired) electrons. The quantitative estimate of drug-likeness (QED) is 0.842. The highest BCUT2D eigenvalue weighted by atomic mass is 19.3. The van der Waals surface area contributed by atoms with Crippen LogP contribution in [-0.2, 0) is 11.2 Å². The van der Waals surface area contributed by atoms with Gasteiger partial charge in [0.15, 0.2) is 0 Å². The van der Waals surface area contributed by atoms with Gasteiger partial charge in [0.25, 0.3) is 0 Å². The number of rotatable bonds is 7. The molecule has 6 heteroatoms. The molecule has 23 heavy (non-hydrogen) atoms. The van der Waals surface area contributed by atoms with Gasteiger partial charge in [-0.1, -0.05) is 30.3 Å². The third-order valence-corrected chi connectivity index (χ3v) is 3.19. The number of nitrogens with one attached hydrogen (secondary N) is 1. The molecule has 1 amide bonds. The molecule has 0 saturated heterocycles. The van der Waals surface area contributed by atoms with Crippen molar-refractivity contribution in [3.63, 3.8) is 0 Å². The first-order chi connectivity index (χ1) is 11.1. The van der Waals surface area contributed by atoms with Gasteiger partial charge in [-0.25, -0.2) is 0 Å². The van der Waals surface area contributed by atoms with E-state index in [2.05, 4.69) is 10.1 Å². The summed E-state index contributed by atoms with van der Waals surface area (Å²) in [7, 11) is 1.57. The van der Waals surface area contributed by atoms with E-state index in [0.29, 0.717) is 12.2 Å². The minimum atomic E-state index is -2.94. The molecular formula is C17H17F2NO3. The molecule has 0 spiro atoms. The first kappa shape index (κ1) is 16.7. The topological polar surface area (TPSA) is 47.6 Å². The molecular weight excluding hydrogens is 304 g/mol. The maximum absolute atomic E-state index is 12.3. The Morgan fingerprint density at radius 2 is 1.74 bits per heavy atom. The molecule has 0 aliphatic carbocycles. The Balaban J connectivity index is 1.97. The summed E-state index contributed by atoms with van der Waals surface area (Å²) >= 11 is 0. The summed E-state index contributed by atoms with van der Waals surface area (Å²) in [6.07, 6.45) is 0.678. The predicted molar refractivity (Wildman–Crippen MR) is 83.0 cm³/mol. The lowest BCUT2D eigenvalue weighted by atomic mass is 10.1. The fourth-order valence-corrected chi connectivity index (χ4v) is 2.14. The van der Waals surface area contributed by atoms with E-state index in [0.717, 1.165) is 5.56 Å². The summed E-state index contributed by atoms with van der Waals surface area (Å²) < 4.78 is 34.3. The third kappa shape index (κ3) is 4.95. The molecule has 0 atom stereocenters. The van der Waals surface area contributed by atoms with Crippen LogP contribution in [0.1, 0.15) is 12.0 Å². The van der Waals surface area contributed by atoms with Crippen molar-refractivity contribution < 1.29 is 23.0 Å². The smallest absolute Gasteiger partial charge is 0.387 e. The van der Waals surface area contributed by atoms with Crippen molar-refractivity contribution in [3.8, 4) is 11.5 Å². The van der Waals surface area contributed by atoms with Gasteiger partial charge in [0, 0.05) is 6.42 Å². The molecule has 0 aliphatic rings. The average Bonchev–Trinajstić information content (AvgIpc) is 2.54. The van der Waals surface area contributed by atoms with Crippen LogP contribution in [0, 0.1) is 0 Å². The number of hydrogen-bond donors (Lipinski definition) is 1. The summed E-state index contributed by atoms with van der Waals surface area (Å²) in [6.45, 7) is -2.94. The van der Waals surface area contributed by atoms with E-state index in [1.807, 2.05) is 24.3 Å². The summed E-state index contributed by atoms with van der Waals surface area (Å²) in [5.74, 6) is 0.357. The van der Waals surface area contributed by atoms with Crippen LogP contribution in [0.2, 0.25) is 0 Å². The largest absolute Gasteiger partial charge is 0.496 e. The predicted octanol–water partition coefficient (Wildman–Crippen LogP) is 3.87. The summed E-state index contributed by atoms with van der Waals surface area (Å²) in [4.78, 5) is 12.0. The van der Waals surface area contributed by atoms with Crippen LogP contribution < -0.4 is 14.8 Å². The molecule has 0 saturated carbocycles. The van der Waals surface area contributed by atoms with Crippen molar-refractivity contribution in [2.75, 3.05) is 12.4 Å². The number of carbonyl (C=O) groups is 1. The number of carbonyl (C=O) groups excluding carboxylic acids is 1. The highest BCUT2D eigenvalue weighted by molar-refractivity contribution is 5.92. The Kier molecular flexibility index (Phi) is 5.91. The molecule has 2 aromatic rings. The number of benzene rings is 2. The number of halogens is 2. The molecule has 2 rings (SSSR count). The number of anilines is 1. The van der Waals surface area contributed by atoms with E-state index in [1.165, 1.54) is 12.1 Å². The fraction of sp³-hybridized carbons (Fsp3) is 0.235. The second-order valence-electron chi connectivity index (χ2n) is 4.73. The molecule has 122 valence electrons. The Labute approximate surface area is 133 Å². The molecule has 0 unspecified atom stereocenters. The van der Waals surface area contributed by atoms with E-state index in [9.17, 15) is 13.6 Å². The van der Waals surface area contributed by atoms with Crippen molar-refractivity contribution in [2.24, 2.45) is 0 Å². The number of hydrogen-bond acceptors (Lipinski definition) is 3. The lowest BCUT2D eigenvalue weighted by Gasteiger charge is -2.12. The summed E-state index contributed by atoms with van der Waals surface area (Å²) in [6, 6.07) is 13.5. The van der Waals surface area contributed by atoms with Gasteiger partial charge < -0.3 is 14.8 Å². The van der Waals surface area contributed by atoms with E-state index in [4.69, 9.17) is 4.74 Å². The molecule has 4 nitrogen and oxygen atoms in total. The number of methoxy groups -OCH3 is 1. The van der Waals surface area contributed by atoms with Crippen molar-refractivity contribution in [1.29, 1.82) is 0 Å². The zero-order chi connectivity index (χ0) is 16.7. The lowest BCUT2D eigenvalue weighted by Crippen LogP contribution is -2.14. The van der Waals surface area contributed by atoms with Gasteiger partial charge in [-0.05, 0) is 30.2 Å². The molecule has 2 aromatic carbocycles. The van der Waals surface area contributed by atoms with Crippen LogP contribution >= 0.6 is 0 Å². The van der Waals surface area contributed by atoms with Crippen LogP contribution in [0.4, 0.5) is 14.5 Å². The van der Waals surface area contributed by atoms with Crippen molar-refractivity contribution in [3.05, 3.63) is 54.1 Å². The zero-order valence-electron chi connectivity index (χ0n) is 12.6. The number of para-hydroxylation sites is 3. The van der Waals surface area contributed by atoms with Crippen LogP contribution in [-0.4, -0.2) is 19.6 Å². The Bertz CT molecular complexity index is 662. The van der Waals surface area contributed by atoms with Crippen molar-refractivity contribution >= 4 is 11.6 Å². The monoisotopic (exact) mass is 321 g/mol. The highest BCUT2D eigenvalue weighted by Gasteiger charge is 2.12. The third-order valence-electron chi connectivity index (χ3n) is 3.19. The van der Waals surface area contributed by atoms with Gasteiger partial charge in [0.2, 0.25) is 5.91 Å². The first-order valence-corrected chi connectivity index (χ1v) is 7.05. The summed E-state index contributed by atoms with van der Waals surface area (Å²) in [5, 5.41) is 2.59. The van der Waals surface area contributed by atoms with E-state index < -0.39 is 6.61 Å². The Hall–Kier alpha value is -2.63.